The second kappa shape index (κ2) is 8.83. The molecule has 0 saturated carbocycles. The zero-order valence-corrected chi connectivity index (χ0v) is 16.1. The second-order valence-electron chi connectivity index (χ2n) is 6.09. The number of hydrogen-bond donors (Lipinski definition) is 1. The van der Waals surface area contributed by atoms with E-state index in [4.69, 9.17) is 18.9 Å². The molecule has 0 bridgehead atoms. The smallest absolute Gasteiger partial charge is 0.331 e. The number of nitrogens with one attached hydrogen (secondary N) is 1. The molecule has 1 heterocycles. The summed E-state index contributed by atoms with van der Waals surface area (Å²) in [6.45, 7) is 1.65. The van der Waals surface area contributed by atoms with Crippen LogP contribution in [0.15, 0.2) is 30.3 Å². The molecule has 1 aliphatic heterocycles. The van der Waals surface area contributed by atoms with Crippen LogP contribution in [0.25, 0.3) is 0 Å². The molecule has 0 radical (unpaired) electrons. The van der Waals surface area contributed by atoms with E-state index in [1.807, 2.05) is 0 Å². The Balaban J connectivity index is 2.77. The van der Waals surface area contributed by atoms with Gasteiger partial charge in [-0.05, 0) is 12.5 Å². The number of ether oxygens (including phenoxy) is 4. The first-order valence-electron chi connectivity index (χ1n) is 8.62. The van der Waals surface area contributed by atoms with Gasteiger partial charge in [-0.1, -0.05) is 30.3 Å². The maximum atomic E-state index is 13.0. The van der Waals surface area contributed by atoms with Crippen LogP contribution in [0.4, 0.5) is 0 Å². The largest absolute Gasteiger partial charge is 0.469 e. The number of benzene rings is 1. The van der Waals surface area contributed by atoms with Crippen molar-refractivity contribution < 1.29 is 38.1 Å². The van der Waals surface area contributed by atoms with Crippen LogP contribution in [-0.4, -0.2) is 57.9 Å². The molecular formula is C19H23NO8. The van der Waals surface area contributed by atoms with Crippen molar-refractivity contribution in [2.24, 2.45) is 11.8 Å². The average molecular weight is 393 g/mol. The van der Waals surface area contributed by atoms with Gasteiger partial charge in [-0.25, -0.2) is 4.79 Å². The predicted molar refractivity (Wildman–Crippen MR) is 94.7 cm³/mol. The molecule has 152 valence electrons. The molecule has 9 nitrogen and oxygen atoms in total. The molecule has 1 saturated heterocycles. The van der Waals surface area contributed by atoms with Crippen molar-refractivity contribution in [1.29, 1.82) is 0 Å². The van der Waals surface area contributed by atoms with Crippen LogP contribution in [0.5, 0.6) is 0 Å². The molecule has 0 aliphatic carbocycles. The van der Waals surface area contributed by atoms with E-state index >= 15 is 0 Å². The molecule has 2 rings (SSSR count). The minimum absolute atomic E-state index is 0.0460. The van der Waals surface area contributed by atoms with Crippen molar-refractivity contribution >= 4 is 23.9 Å². The fourth-order valence-electron chi connectivity index (χ4n) is 3.61. The van der Waals surface area contributed by atoms with Gasteiger partial charge in [0.2, 0.25) is 0 Å². The Bertz CT molecular complexity index is 750. The van der Waals surface area contributed by atoms with Crippen molar-refractivity contribution in [3.8, 4) is 0 Å². The van der Waals surface area contributed by atoms with E-state index in [2.05, 4.69) is 5.32 Å². The van der Waals surface area contributed by atoms with E-state index in [1.165, 1.54) is 0 Å². The maximum absolute atomic E-state index is 13.0. The summed E-state index contributed by atoms with van der Waals surface area (Å²) in [5.74, 6) is -6.17. The lowest BCUT2D eigenvalue weighted by Crippen LogP contribution is -2.54. The lowest BCUT2D eigenvalue weighted by molar-refractivity contribution is -0.165. The van der Waals surface area contributed by atoms with Crippen molar-refractivity contribution in [3.63, 3.8) is 0 Å². The Labute approximate surface area is 162 Å². The first kappa shape index (κ1) is 21.4. The van der Waals surface area contributed by atoms with E-state index in [9.17, 15) is 19.2 Å². The predicted octanol–water partition coefficient (Wildman–Crippen LogP) is 0.168. The first-order valence-corrected chi connectivity index (χ1v) is 8.62. The Morgan fingerprint density at radius 2 is 1.54 bits per heavy atom. The standard InChI is InChI=1S/C19H23NO8/c1-5-28-17(23)14-12(15(21)25-2)13(16(22)26-3)19(20-14,18(24)27-4)11-9-7-6-8-10-11/h6-10,12-14,20H,5H2,1-4H3/t12-,13+,14+,19-/m0/s1. The van der Waals surface area contributed by atoms with Crippen LogP contribution >= 0.6 is 0 Å². The van der Waals surface area contributed by atoms with Crippen LogP contribution in [0.3, 0.4) is 0 Å². The highest BCUT2D eigenvalue weighted by atomic mass is 16.5. The maximum Gasteiger partial charge on any atom is 0.331 e. The van der Waals surface area contributed by atoms with Crippen molar-refractivity contribution in [1.82, 2.24) is 5.32 Å². The molecule has 9 heteroatoms. The van der Waals surface area contributed by atoms with Crippen LogP contribution in [-0.2, 0) is 43.7 Å². The number of esters is 4. The second-order valence-corrected chi connectivity index (χ2v) is 6.09. The molecule has 1 aromatic carbocycles. The number of carbonyl (C=O) groups excluding carboxylic acids is 4. The molecule has 0 spiro atoms. The monoisotopic (exact) mass is 393 g/mol. The first-order chi connectivity index (χ1) is 13.4. The minimum Gasteiger partial charge on any atom is -0.469 e. The SMILES string of the molecule is CCOC(=O)[C@@H]1N[C@@](C(=O)OC)(c2ccccc2)[C@@H](C(=O)OC)[C@@H]1C(=O)OC. The highest BCUT2D eigenvalue weighted by molar-refractivity contribution is 5.98. The van der Waals surface area contributed by atoms with E-state index in [0.29, 0.717) is 5.56 Å². The number of methoxy groups -OCH3 is 3. The molecule has 1 aliphatic rings. The third kappa shape index (κ3) is 3.45. The zero-order valence-electron chi connectivity index (χ0n) is 16.1. The van der Waals surface area contributed by atoms with Crippen LogP contribution in [0.2, 0.25) is 0 Å². The Hall–Kier alpha value is -2.94. The Morgan fingerprint density at radius 1 is 0.929 bits per heavy atom. The van der Waals surface area contributed by atoms with Crippen molar-refractivity contribution in [2.45, 2.75) is 18.5 Å². The molecule has 4 atom stereocenters. The van der Waals surface area contributed by atoms with Gasteiger partial charge < -0.3 is 18.9 Å². The van der Waals surface area contributed by atoms with E-state index in [1.54, 1.807) is 37.3 Å². The van der Waals surface area contributed by atoms with Gasteiger partial charge in [0, 0.05) is 0 Å². The lowest BCUT2D eigenvalue weighted by atomic mass is 9.74. The van der Waals surface area contributed by atoms with Gasteiger partial charge in [-0.15, -0.1) is 0 Å². The van der Waals surface area contributed by atoms with Crippen molar-refractivity contribution in [2.75, 3.05) is 27.9 Å². The summed E-state index contributed by atoms with van der Waals surface area (Å²) in [7, 11) is 3.40. The Morgan fingerprint density at radius 3 is 2.04 bits per heavy atom. The lowest BCUT2D eigenvalue weighted by Gasteiger charge is -2.32. The number of rotatable bonds is 6. The summed E-state index contributed by atoms with van der Waals surface area (Å²) in [5.41, 5.74) is -1.52. The van der Waals surface area contributed by atoms with Crippen molar-refractivity contribution in [3.05, 3.63) is 35.9 Å². The molecule has 0 amide bonds. The van der Waals surface area contributed by atoms with Crippen LogP contribution in [0, 0.1) is 11.8 Å². The fraction of sp³-hybridized carbons (Fsp3) is 0.474. The van der Waals surface area contributed by atoms with Gasteiger partial charge >= 0.3 is 23.9 Å². The van der Waals surface area contributed by atoms with Gasteiger partial charge in [-0.2, -0.15) is 0 Å². The summed E-state index contributed by atoms with van der Waals surface area (Å²) in [4.78, 5) is 50.8. The van der Waals surface area contributed by atoms with E-state index in [0.717, 1.165) is 21.3 Å². The van der Waals surface area contributed by atoms with E-state index in [-0.39, 0.29) is 6.61 Å². The summed E-state index contributed by atoms with van der Waals surface area (Å²) in [6, 6.07) is 6.87. The third-order valence-corrected chi connectivity index (χ3v) is 4.77. The van der Waals surface area contributed by atoms with Gasteiger partial charge in [0.25, 0.3) is 0 Å². The average Bonchev–Trinajstić information content (AvgIpc) is 3.10. The zero-order chi connectivity index (χ0) is 20.9. The minimum atomic E-state index is -1.85. The molecule has 1 aromatic rings. The number of hydrogen-bond acceptors (Lipinski definition) is 9. The van der Waals surface area contributed by atoms with Crippen LogP contribution < -0.4 is 5.32 Å². The highest BCUT2D eigenvalue weighted by Gasteiger charge is 2.67. The topological polar surface area (TPSA) is 117 Å². The molecule has 0 aromatic heterocycles. The molecule has 1 N–H and O–H groups in total. The molecule has 0 unspecified atom stereocenters. The van der Waals surface area contributed by atoms with E-state index < -0.39 is 47.3 Å². The highest BCUT2D eigenvalue weighted by Crippen LogP contribution is 2.45. The molecule has 1 fully saturated rings. The van der Waals surface area contributed by atoms with Crippen LogP contribution in [0.1, 0.15) is 12.5 Å². The van der Waals surface area contributed by atoms with Gasteiger partial charge in [0.05, 0.1) is 33.9 Å². The quantitative estimate of drug-likeness (QED) is 0.533. The Kier molecular flexibility index (Phi) is 6.74. The fourth-order valence-corrected chi connectivity index (χ4v) is 3.61. The summed E-state index contributed by atoms with van der Waals surface area (Å²) < 4.78 is 19.7. The van der Waals surface area contributed by atoms with Gasteiger partial charge in [0.15, 0.2) is 5.54 Å². The number of carbonyl (C=O) groups is 4. The van der Waals surface area contributed by atoms with Gasteiger partial charge in [0.1, 0.15) is 12.0 Å². The molecular weight excluding hydrogens is 370 g/mol. The van der Waals surface area contributed by atoms with Gasteiger partial charge in [-0.3, -0.25) is 19.7 Å². The summed E-state index contributed by atoms with van der Waals surface area (Å²) >= 11 is 0. The summed E-state index contributed by atoms with van der Waals surface area (Å²) in [6.07, 6.45) is 0. The molecule has 28 heavy (non-hydrogen) atoms. The normalized spacial score (nSPS) is 26.2. The summed E-state index contributed by atoms with van der Waals surface area (Å²) in [5, 5.41) is 2.84. The third-order valence-electron chi connectivity index (χ3n) is 4.77.